The Kier molecular flexibility index (Phi) is 2.95. The minimum Gasteiger partial charge on any atom is -0.285 e. The smallest absolute Gasteiger partial charge is 0.238 e. The second kappa shape index (κ2) is 4.23. The van der Waals surface area contributed by atoms with Crippen LogP contribution in [0.15, 0.2) is 22.7 Å². The molecule has 1 aromatic carbocycles. The highest BCUT2D eigenvalue weighted by atomic mass is 79.9. The first-order chi connectivity index (χ1) is 7.20. The summed E-state index contributed by atoms with van der Waals surface area (Å²) in [4.78, 5) is 11.3. The number of benzene rings is 1. The molecule has 80 valence electrons. The molecule has 0 radical (unpaired) electrons. The summed E-state index contributed by atoms with van der Waals surface area (Å²) in [5, 5.41) is 1.92. The molecule has 0 saturated heterocycles. The van der Waals surface area contributed by atoms with E-state index in [0.29, 0.717) is 6.42 Å². The minimum atomic E-state index is 0.0609. The first-order valence-corrected chi connectivity index (χ1v) is 5.85. The zero-order chi connectivity index (χ0) is 10.8. The molecule has 0 bridgehead atoms. The van der Waals surface area contributed by atoms with Gasteiger partial charge in [-0.25, -0.2) is 0 Å². The third kappa shape index (κ3) is 2.15. The molecule has 3 nitrogen and oxygen atoms in total. The molecule has 0 spiro atoms. The van der Waals surface area contributed by atoms with E-state index in [0.717, 1.165) is 23.1 Å². The van der Waals surface area contributed by atoms with Gasteiger partial charge < -0.3 is 0 Å². The molecule has 2 rings (SSSR count). The van der Waals surface area contributed by atoms with Gasteiger partial charge in [0.1, 0.15) is 0 Å². The molecule has 0 unspecified atom stereocenters. The molecule has 15 heavy (non-hydrogen) atoms. The second-order valence-electron chi connectivity index (χ2n) is 3.56. The number of hydrogen-bond donors (Lipinski definition) is 1. The van der Waals surface area contributed by atoms with E-state index in [-0.39, 0.29) is 5.91 Å². The molecule has 0 fully saturated rings. The Bertz CT molecular complexity index is 392. The number of nitrogens with one attached hydrogen (secondary N) is 1. The van der Waals surface area contributed by atoms with E-state index >= 15 is 0 Å². The molecule has 1 N–H and O–H groups in total. The molecule has 0 atom stereocenters. The number of carbonyl (C=O) groups is 1. The Morgan fingerprint density at radius 2 is 2.40 bits per heavy atom. The summed E-state index contributed by atoms with van der Waals surface area (Å²) in [5.74, 6) is 0.0609. The van der Waals surface area contributed by atoms with Gasteiger partial charge in [-0.05, 0) is 30.2 Å². The van der Waals surface area contributed by atoms with Gasteiger partial charge in [-0.3, -0.25) is 15.2 Å². The maximum Gasteiger partial charge on any atom is 0.238 e. The summed E-state index contributed by atoms with van der Waals surface area (Å²) in [6.07, 6.45) is 1.50. The monoisotopic (exact) mass is 268 g/mol. The summed E-state index contributed by atoms with van der Waals surface area (Å²) in [6, 6.07) is 6.13. The molecule has 1 aliphatic heterocycles. The lowest BCUT2D eigenvalue weighted by Gasteiger charge is -2.19. The highest BCUT2D eigenvalue weighted by Gasteiger charge is 2.19. The fourth-order valence-electron chi connectivity index (χ4n) is 1.72. The molecule has 0 saturated carbocycles. The SMILES string of the molecule is CCC(=O)NN1CCc2cc(Br)ccc21. The number of anilines is 1. The van der Waals surface area contributed by atoms with Crippen LogP contribution in [0.5, 0.6) is 0 Å². The summed E-state index contributed by atoms with van der Waals surface area (Å²) in [6.45, 7) is 2.71. The van der Waals surface area contributed by atoms with Gasteiger partial charge in [0.05, 0.1) is 5.69 Å². The largest absolute Gasteiger partial charge is 0.285 e. The predicted octanol–water partition coefficient (Wildman–Crippen LogP) is 2.25. The summed E-state index contributed by atoms with van der Waals surface area (Å²) in [7, 11) is 0. The van der Waals surface area contributed by atoms with Gasteiger partial charge in [-0.15, -0.1) is 0 Å². The lowest BCUT2D eigenvalue weighted by molar-refractivity contribution is -0.120. The van der Waals surface area contributed by atoms with Crippen LogP contribution < -0.4 is 10.4 Å². The van der Waals surface area contributed by atoms with Crippen LogP contribution in [-0.2, 0) is 11.2 Å². The fraction of sp³-hybridized carbons (Fsp3) is 0.364. The topological polar surface area (TPSA) is 32.3 Å². The number of halogens is 1. The number of hydrogen-bond acceptors (Lipinski definition) is 2. The number of nitrogens with zero attached hydrogens (tertiary/aromatic N) is 1. The van der Waals surface area contributed by atoms with Gasteiger partial charge >= 0.3 is 0 Å². The van der Waals surface area contributed by atoms with Gasteiger partial charge in [0.15, 0.2) is 0 Å². The quantitative estimate of drug-likeness (QED) is 0.893. The summed E-state index contributed by atoms with van der Waals surface area (Å²) >= 11 is 3.44. The Morgan fingerprint density at radius 3 is 3.13 bits per heavy atom. The first kappa shape index (κ1) is 10.5. The van der Waals surface area contributed by atoms with E-state index in [1.165, 1.54) is 5.56 Å². The Hall–Kier alpha value is -1.03. The van der Waals surface area contributed by atoms with Crippen LogP contribution in [0.3, 0.4) is 0 Å². The second-order valence-corrected chi connectivity index (χ2v) is 4.48. The average Bonchev–Trinajstić information content (AvgIpc) is 2.60. The lowest BCUT2D eigenvalue weighted by atomic mass is 10.2. The van der Waals surface area contributed by atoms with Crippen molar-refractivity contribution in [3.05, 3.63) is 28.2 Å². The summed E-state index contributed by atoms with van der Waals surface area (Å²) in [5.41, 5.74) is 5.27. The van der Waals surface area contributed by atoms with Crippen molar-refractivity contribution in [1.29, 1.82) is 0 Å². The molecule has 1 heterocycles. The molecule has 0 aliphatic carbocycles. The van der Waals surface area contributed by atoms with Gasteiger partial charge in [0, 0.05) is 17.4 Å². The number of hydrazine groups is 1. The van der Waals surface area contributed by atoms with Gasteiger partial charge in [-0.2, -0.15) is 0 Å². The molecule has 1 aliphatic rings. The van der Waals surface area contributed by atoms with E-state index in [4.69, 9.17) is 0 Å². The predicted molar refractivity (Wildman–Crippen MR) is 63.6 cm³/mol. The molecule has 0 aromatic heterocycles. The number of fused-ring (bicyclic) bond motifs is 1. The van der Waals surface area contributed by atoms with Crippen molar-refractivity contribution in [1.82, 2.24) is 5.43 Å². The number of rotatable bonds is 2. The van der Waals surface area contributed by atoms with E-state index in [2.05, 4.69) is 27.4 Å². The highest BCUT2D eigenvalue weighted by molar-refractivity contribution is 9.10. The Morgan fingerprint density at radius 1 is 1.60 bits per heavy atom. The van der Waals surface area contributed by atoms with Crippen molar-refractivity contribution in [3.8, 4) is 0 Å². The summed E-state index contributed by atoms with van der Waals surface area (Å²) < 4.78 is 1.09. The maximum atomic E-state index is 11.3. The lowest BCUT2D eigenvalue weighted by Crippen LogP contribution is -2.40. The molecule has 4 heteroatoms. The van der Waals surface area contributed by atoms with Crippen LogP contribution in [0.25, 0.3) is 0 Å². The molecule has 1 aromatic rings. The van der Waals surface area contributed by atoms with Gasteiger partial charge in [-0.1, -0.05) is 22.9 Å². The third-order valence-electron chi connectivity index (χ3n) is 2.52. The first-order valence-electron chi connectivity index (χ1n) is 5.06. The van der Waals surface area contributed by atoms with Crippen LogP contribution in [0, 0.1) is 0 Å². The van der Waals surface area contributed by atoms with Crippen molar-refractivity contribution in [2.24, 2.45) is 0 Å². The zero-order valence-electron chi connectivity index (χ0n) is 8.59. The maximum absolute atomic E-state index is 11.3. The van der Waals surface area contributed by atoms with E-state index in [1.807, 2.05) is 24.1 Å². The Labute approximate surface area is 97.6 Å². The average molecular weight is 269 g/mol. The standard InChI is InChI=1S/C11H13BrN2O/c1-2-11(15)13-14-6-5-8-7-9(12)3-4-10(8)14/h3-4,7H,2,5-6H2,1H3,(H,13,15). The van der Waals surface area contributed by atoms with Crippen molar-refractivity contribution in [2.45, 2.75) is 19.8 Å². The van der Waals surface area contributed by atoms with E-state index < -0.39 is 0 Å². The molecule has 1 amide bonds. The van der Waals surface area contributed by atoms with Crippen molar-refractivity contribution in [3.63, 3.8) is 0 Å². The van der Waals surface area contributed by atoms with Crippen molar-refractivity contribution < 1.29 is 4.79 Å². The Balaban J connectivity index is 2.18. The van der Waals surface area contributed by atoms with Gasteiger partial charge in [0.25, 0.3) is 0 Å². The van der Waals surface area contributed by atoms with Crippen LogP contribution >= 0.6 is 15.9 Å². The van der Waals surface area contributed by atoms with Crippen molar-refractivity contribution >= 4 is 27.5 Å². The normalized spacial score (nSPS) is 13.9. The zero-order valence-corrected chi connectivity index (χ0v) is 10.2. The number of carbonyl (C=O) groups excluding carboxylic acids is 1. The number of amides is 1. The molecular weight excluding hydrogens is 256 g/mol. The van der Waals surface area contributed by atoms with Crippen LogP contribution in [0.1, 0.15) is 18.9 Å². The van der Waals surface area contributed by atoms with Crippen LogP contribution in [0.4, 0.5) is 5.69 Å². The van der Waals surface area contributed by atoms with Crippen molar-refractivity contribution in [2.75, 3.05) is 11.6 Å². The minimum absolute atomic E-state index is 0.0609. The van der Waals surface area contributed by atoms with Crippen LogP contribution in [-0.4, -0.2) is 12.5 Å². The van der Waals surface area contributed by atoms with Gasteiger partial charge in [0.2, 0.25) is 5.91 Å². The third-order valence-corrected chi connectivity index (χ3v) is 3.01. The molecular formula is C11H13BrN2O. The van der Waals surface area contributed by atoms with Crippen LogP contribution in [0.2, 0.25) is 0 Å². The van der Waals surface area contributed by atoms with E-state index in [9.17, 15) is 4.79 Å². The fourth-order valence-corrected chi connectivity index (χ4v) is 2.12. The van der Waals surface area contributed by atoms with E-state index in [1.54, 1.807) is 0 Å². The highest BCUT2D eigenvalue weighted by Crippen LogP contribution is 2.29.